The molecule has 11 heteroatoms. The number of aromatic nitrogens is 3. The number of amides is 1. The quantitative estimate of drug-likeness (QED) is 0.601. The topological polar surface area (TPSA) is 120 Å². The van der Waals surface area contributed by atoms with E-state index in [-0.39, 0.29) is 23.2 Å². The van der Waals surface area contributed by atoms with Crippen LogP contribution in [0.4, 0.5) is 11.7 Å². The van der Waals surface area contributed by atoms with Crippen molar-refractivity contribution in [2.75, 3.05) is 41.9 Å². The van der Waals surface area contributed by atoms with Crippen molar-refractivity contribution in [3.8, 4) is 5.75 Å². The lowest BCUT2D eigenvalue weighted by Crippen LogP contribution is -2.40. The number of anilines is 2. The number of fused-ring (bicyclic) bond motifs is 1. The summed E-state index contributed by atoms with van der Waals surface area (Å²) in [4.78, 5) is 18.8. The highest BCUT2D eigenvalue weighted by Gasteiger charge is 2.26. The van der Waals surface area contributed by atoms with Crippen molar-refractivity contribution in [2.24, 2.45) is 0 Å². The van der Waals surface area contributed by atoms with E-state index in [4.69, 9.17) is 14.3 Å². The number of ether oxygens (including phenoxy) is 1. The largest absolute Gasteiger partial charge is 0.494 e. The first-order chi connectivity index (χ1) is 15.9. The zero-order valence-corrected chi connectivity index (χ0v) is 19.3. The van der Waals surface area contributed by atoms with Gasteiger partial charge in [-0.1, -0.05) is 19.3 Å². The zero-order valence-electron chi connectivity index (χ0n) is 18.5. The Morgan fingerprint density at radius 2 is 1.94 bits per heavy atom. The van der Waals surface area contributed by atoms with Gasteiger partial charge < -0.3 is 19.4 Å². The summed E-state index contributed by atoms with van der Waals surface area (Å²) in [5.74, 6) is 0.160. The standard InChI is InChI=1S/C22H27N5O5S/c1-31-20-12-17-15(13-27(25-17)16-5-3-2-4-6-16)11-18(20)23-21(28)19-14-32-22(24-19)26-7-9-33(29,30)10-8-26/h11-14,16H,2-10H2,1H3,(H,23,28). The van der Waals surface area contributed by atoms with Crippen LogP contribution >= 0.6 is 0 Å². The van der Waals surface area contributed by atoms with Crippen LogP contribution in [0.2, 0.25) is 0 Å². The molecule has 0 radical (unpaired) electrons. The third kappa shape index (κ3) is 4.54. The molecule has 2 fully saturated rings. The van der Waals surface area contributed by atoms with Crippen LogP contribution in [0.5, 0.6) is 5.75 Å². The number of sulfone groups is 1. The molecule has 5 rings (SSSR count). The average molecular weight is 474 g/mol. The van der Waals surface area contributed by atoms with Crippen molar-refractivity contribution in [3.63, 3.8) is 0 Å². The summed E-state index contributed by atoms with van der Waals surface area (Å²) in [5.41, 5.74) is 1.45. The molecule has 1 aromatic carbocycles. The number of methoxy groups -OCH3 is 1. The van der Waals surface area contributed by atoms with Crippen LogP contribution in [0.15, 0.2) is 29.0 Å². The van der Waals surface area contributed by atoms with Crippen LogP contribution in [0.3, 0.4) is 0 Å². The fraction of sp³-hybridized carbons (Fsp3) is 0.500. The summed E-state index contributed by atoms with van der Waals surface area (Å²) in [5, 5.41) is 8.51. The SMILES string of the molecule is COc1cc2nn(C3CCCCC3)cc2cc1NC(=O)c1coc(N2CCS(=O)(=O)CC2)n1. The van der Waals surface area contributed by atoms with E-state index in [0.29, 0.717) is 30.6 Å². The number of nitrogens with one attached hydrogen (secondary N) is 1. The van der Waals surface area contributed by atoms with Crippen LogP contribution in [-0.4, -0.2) is 60.8 Å². The molecule has 176 valence electrons. The Morgan fingerprint density at radius 1 is 1.18 bits per heavy atom. The maximum absolute atomic E-state index is 12.8. The number of carbonyl (C=O) groups is 1. The highest BCUT2D eigenvalue weighted by molar-refractivity contribution is 7.91. The molecule has 0 atom stereocenters. The maximum Gasteiger partial charge on any atom is 0.298 e. The monoisotopic (exact) mass is 473 g/mol. The van der Waals surface area contributed by atoms with Gasteiger partial charge in [0, 0.05) is 30.7 Å². The summed E-state index contributed by atoms with van der Waals surface area (Å²) >= 11 is 0. The number of hydrogen-bond acceptors (Lipinski definition) is 8. The van der Waals surface area contributed by atoms with Crippen LogP contribution < -0.4 is 15.0 Å². The van der Waals surface area contributed by atoms with Crippen LogP contribution in [0.1, 0.15) is 48.6 Å². The molecular formula is C22H27N5O5S. The molecule has 10 nitrogen and oxygen atoms in total. The minimum atomic E-state index is -3.02. The molecule has 2 aromatic heterocycles. The lowest BCUT2D eigenvalue weighted by Gasteiger charge is -2.24. The fourth-order valence-corrected chi connectivity index (χ4v) is 5.68. The summed E-state index contributed by atoms with van der Waals surface area (Å²) in [6, 6.07) is 4.33. The molecule has 0 bridgehead atoms. The second-order valence-corrected chi connectivity index (χ2v) is 10.9. The third-order valence-electron chi connectivity index (χ3n) is 6.38. The second-order valence-electron chi connectivity index (χ2n) is 8.62. The second kappa shape index (κ2) is 8.69. The predicted octanol–water partition coefficient (Wildman–Crippen LogP) is 3.03. The first-order valence-corrected chi connectivity index (χ1v) is 13.0. The van der Waals surface area contributed by atoms with E-state index in [1.165, 1.54) is 25.5 Å². The van der Waals surface area contributed by atoms with Gasteiger partial charge in [-0.05, 0) is 18.9 Å². The Morgan fingerprint density at radius 3 is 2.67 bits per heavy atom. The van der Waals surface area contributed by atoms with Gasteiger partial charge in [0.05, 0.1) is 35.9 Å². The van der Waals surface area contributed by atoms with Gasteiger partial charge in [0.2, 0.25) is 0 Å². The van der Waals surface area contributed by atoms with Crippen molar-refractivity contribution in [1.82, 2.24) is 14.8 Å². The van der Waals surface area contributed by atoms with E-state index in [0.717, 1.165) is 23.7 Å². The van der Waals surface area contributed by atoms with Crippen molar-refractivity contribution in [1.29, 1.82) is 0 Å². The molecule has 33 heavy (non-hydrogen) atoms. The Kier molecular flexibility index (Phi) is 5.73. The van der Waals surface area contributed by atoms with E-state index >= 15 is 0 Å². The molecule has 0 unspecified atom stereocenters. The number of rotatable bonds is 5. The van der Waals surface area contributed by atoms with Gasteiger partial charge in [0.15, 0.2) is 15.5 Å². The van der Waals surface area contributed by atoms with Crippen molar-refractivity contribution < 1.29 is 22.4 Å². The summed E-state index contributed by atoms with van der Waals surface area (Å²) in [6.45, 7) is 0.582. The van der Waals surface area contributed by atoms with E-state index in [1.54, 1.807) is 12.0 Å². The van der Waals surface area contributed by atoms with Crippen molar-refractivity contribution in [2.45, 2.75) is 38.1 Å². The molecule has 1 N–H and O–H groups in total. The highest BCUT2D eigenvalue weighted by Crippen LogP contribution is 2.33. The van der Waals surface area contributed by atoms with Crippen LogP contribution in [0, 0.1) is 0 Å². The van der Waals surface area contributed by atoms with E-state index < -0.39 is 15.7 Å². The number of carbonyl (C=O) groups excluding carboxylic acids is 1. The van der Waals surface area contributed by atoms with Crippen molar-refractivity contribution >= 4 is 38.3 Å². The number of benzene rings is 1. The average Bonchev–Trinajstić information content (AvgIpc) is 3.46. The Bertz CT molecular complexity index is 1260. The predicted molar refractivity (Wildman–Crippen MR) is 124 cm³/mol. The van der Waals surface area contributed by atoms with E-state index in [9.17, 15) is 13.2 Å². The van der Waals surface area contributed by atoms with E-state index in [2.05, 4.69) is 10.3 Å². The van der Waals surface area contributed by atoms with Gasteiger partial charge in [-0.3, -0.25) is 9.48 Å². The Labute approximate surface area is 191 Å². The van der Waals surface area contributed by atoms with Gasteiger partial charge in [-0.25, -0.2) is 8.42 Å². The van der Waals surface area contributed by atoms with Crippen molar-refractivity contribution in [3.05, 3.63) is 30.3 Å². The van der Waals surface area contributed by atoms with Crippen LogP contribution in [-0.2, 0) is 9.84 Å². The third-order valence-corrected chi connectivity index (χ3v) is 7.99. The molecule has 1 aliphatic carbocycles. The van der Waals surface area contributed by atoms with Gasteiger partial charge in [-0.2, -0.15) is 10.1 Å². The molecule has 3 aromatic rings. The van der Waals surface area contributed by atoms with Crippen LogP contribution in [0.25, 0.3) is 10.9 Å². The first-order valence-electron chi connectivity index (χ1n) is 11.2. The Balaban J connectivity index is 1.34. The summed E-state index contributed by atoms with van der Waals surface area (Å²) in [7, 11) is -1.47. The number of hydrogen-bond donors (Lipinski definition) is 1. The van der Waals surface area contributed by atoms with Gasteiger partial charge in [0.25, 0.3) is 11.9 Å². The highest BCUT2D eigenvalue weighted by atomic mass is 32.2. The molecular weight excluding hydrogens is 446 g/mol. The smallest absolute Gasteiger partial charge is 0.298 e. The fourth-order valence-electron chi connectivity index (χ4n) is 4.47. The number of nitrogens with zero attached hydrogens (tertiary/aromatic N) is 4. The summed E-state index contributed by atoms with van der Waals surface area (Å²) < 4.78 is 36.2. The maximum atomic E-state index is 12.8. The zero-order chi connectivity index (χ0) is 23.0. The molecule has 0 spiro atoms. The molecule has 2 aliphatic rings. The molecule has 1 saturated carbocycles. The molecule has 1 aliphatic heterocycles. The Hall–Kier alpha value is -3.08. The summed E-state index contributed by atoms with van der Waals surface area (Å²) in [6.07, 6.45) is 9.29. The van der Waals surface area contributed by atoms with E-state index in [1.807, 2.05) is 23.0 Å². The van der Waals surface area contributed by atoms with Gasteiger partial charge in [0.1, 0.15) is 12.0 Å². The molecule has 1 amide bonds. The minimum Gasteiger partial charge on any atom is -0.494 e. The minimum absolute atomic E-state index is 0.0443. The lowest BCUT2D eigenvalue weighted by molar-refractivity contribution is 0.102. The lowest BCUT2D eigenvalue weighted by atomic mass is 9.96. The number of oxazole rings is 1. The molecule has 3 heterocycles. The van der Waals surface area contributed by atoms with Gasteiger partial charge >= 0.3 is 0 Å². The first kappa shape index (κ1) is 21.7. The normalized spacial score (nSPS) is 19.0. The van der Waals surface area contributed by atoms with Gasteiger partial charge in [-0.15, -0.1) is 0 Å². The molecule has 1 saturated heterocycles.